The van der Waals surface area contributed by atoms with Crippen molar-refractivity contribution in [2.24, 2.45) is 0 Å². The minimum absolute atomic E-state index is 0.132. The molecule has 4 heterocycles. The largest absolute Gasteiger partial charge is 0.329 e. The number of hydrogen-bond acceptors (Lipinski definition) is 4. The van der Waals surface area contributed by atoms with Gasteiger partial charge in [0.15, 0.2) is 0 Å². The maximum atomic E-state index is 12.9. The number of benzene rings is 1. The second-order valence-electron chi connectivity index (χ2n) is 7.46. The highest BCUT2D eigenvalue weighted by molar-refractivity contribution is 5.97. The third-order valence-electron chi connectivity index (χ3n) is 5.96. The minimum Gasteiger partial charge on any atom is -0.329 e. The predicted octanol–water partition coefficient (Wildman–Crippen LogP) is 1.25. The first-order valence-corrected chi connectivity index (χ1v) is 9.38. The summed E-state index contributed by atoms with van der Waals surface area (Å²) >= 11 is 0. The van der Waals surface area contributed by atoms with Gasteiger partial charge in [0.25, 0.3) is 0 Å². The van der Waals surface area contributed by atoms with Gasteiger partial charge in [-0.15, -0.1) is 0 Å². The number of pyridine rings is 1. The molecule has 26 heavy (non-hydrogen) atoms. The summed E-state index contributed by atoms with van der Waals surface area (Å²) < 4.78 is 0. The number of rotatable bonds is 2. The summed E-state index contributed by atoms with van der Waals surface area (Å²) in [6, 6.07) is 9.72. The molecule has 3 fully saturated rings. The summed E-state index contributed by atoms with van der Waals surface area (Å²) in [6.07, 6.45) is 3.58. The van der Waals surface area contributed by atoms with Crippen molar-refractivity contribution in [3.63, 3.8) is 0 Å². The van der Waals surface area contributed by atoms with Gasteiger partial charge >= 0.3 is 0 Å². The Morgan fingerprint density at radius 3 is 2.69 bits per heavy atom. The van der Waals surface area contributed by atoms with E-state index in [-0.39, 0.29) is 23.9 Å². The standard InChI is InChI=1S/C20H22N4O2/c25-19-16-7-3-9-23(16)20(26)17-13-22(10-11-24(17)19)12-15-5-1-4-14-6-2-8-21-18(14)15/h1-2,4-6,8,16-17H,3,7,9-13H2/t16-,17+/m0/s1. The molecule has 2 aromatic rings. The molecule has 2 atom stereocenters. The molecule has 2 amide bonds. The molecular formula is C20H22N4O2. The van der Waals surface area contributed by atoms with Gasteiger partial charge in [-0.25, -0.2) is 0 Å². The van der Waals surface area contributed by atoms with Crippen molar-refractivity contribution in [3.05, 3.63) is 42.1 Å². The fourth-order valence-corrected chi connectivity index (χ4v) is 4.66. The van der Waals surface area contributed by atoms with Gasteiger partial charge in [-0.05, 0) is 24.5 Å². The Hall–Kier alpha value is -2.47. The quantitative estimate of drug-likeness (QED) is 0.818. The van der Waals surface area contributed by atoms with Crippen LogP contribution in [0.4, 0.5) is 0 Å². The molecule has 3 aliphatic rings. The van der Waals surface area contributed by atoms with Crippen LogP contribution in [-0.4, -0.2) is 69.8 Å². The summed E-state index contributed by atoms with van der Waals surface area (Å²) in [5.41, 5.74) is 2.19. The van der Waals surface area contributed by atoms with Gasteiger partial charge < -0.3 is 9.80 Å². The van der Waals surface area contributed by atoms with E-state index in [0.29, 0.717) is 13.1 Å². The monoisotopic (exact) mass is 350 g/mol. The number of carbonyl (C=O) groups excluding carboxylic acids is 2. The topological polar surface area (TPSA) is 56.8 Å². The van der Waals surface area contributed by atoms with Crippen LogP contribution < -0.4 is 0 Å². The van der Waals surface area contributed by atoms with Crippen molar-refractivity contribution in [1.82, 2.24) is 19.7 Å². The summed E-state index contributed by atoms with van der Waals surface area (Å²) in [5, 5.41) is 1.13. The molecule has 1 aromatic heterocycles. The van der Waals surface area contributed by atoms with E-state index in [0.717, 1.165) is 43.4 Å². The fourth-order valence-electron chi connectivity index (χ4n) is 4.66. The molecule has 0 aliphatic carbocycles. The molecule has 0 radical (unpaired) electrons. The van der Waals surface area contributed by atoms with Crippen molar-refractivity contribution in [1.29, 1.82) is 0 Å². The van der Waals surface area contributed by atoms with Crippen molar-refractivity contribution in [2.45, 2.75) is 31.5 Å². The molecule has 0 bridgehead atoms. The first-order valence-electron chi connectivity index (χ1n) is 9.38. The molecule has 1 aromatic carbocycles. The molecule has 3 aliphatic heterocycles. The molecule has 0 unspecified atom stereocenters. The minimum atomic E-state index is -0.325. The number of fused-ring (bicyclic) bond motifs is 3. The van der Waals surface area contributed by atoms with Crippen molar-refractivity contribution >= 4 is 22.7 Å². The predicted molar refractivity (Wildman–Crippen MR) is 97.3 cm³/mol. The maximum Gasteiger partial charge on any atom is 0.247 e. The molecule has 0 saturated carbocycles. The second-order valence-corrected chi connectivity index (χ2v) is 7.46. The maximum absolute atomic E-state index is 12.9. The van der Waals surface area contributed by atoms with Crippen LogP contribution in [0.5, 0.6) is 0 Å². The summed E-state index contributed by atoms with van der Waals surface area (Å²) in [7, 11) is 0. The van der Waals surface area contributed by atoms with Crippen LogP contribution in [0.1, 0.15) is 18.4 Å². The van der Waals surface area contributed by atoms with Crippen LogP contribution in [0.15, 0.2) is 36.5 Å². The van der Waals surface area contributed by atoms with Gasteiger partial charge in [0.1, 0.15) is 12.1 Å². The molecule has 3 saturated heterocycles. The summed E-state index contributed by atoms with van der Waals surface area (Å²) in [5.74, 6) is 0.284. The van der Waals surface area contributed by atoms with E-state index < -0.39 is 0 Å². The Morgan fingerprint density at radius 2 is 1.77 bits per heavy atom. The molecule has 6 nitrogen and oxygen atoms in total. The van der Waals surface area contributed by atoms with Gasteiger partial charge in [0, 0.05) is 44.3 Å². The molecule has 0 spiro atoms. The average Bonchev–Trinajstić information content (AvgIpc) is 3.17. The highest BCUT2D eigenvalue weighted by Gasteiger charge is 2.49. The molecule has 5 rings (SSSR count). The highest BCUT2D eigenvalue weighted by Crippen LogP contribution is 2.29. The normalized spacial score (nSPS) is 26.3. The Labute approximate surface area is 152 Å². The van der Waals surface area contributed by atoms with Crippen molar-refractivity contribution < 1.29 is 9.59 Å². The van der Waals surface area contributed by atoms with Gasteiger partial charge in [-0.3, -0.25) is 19.5 Å². The number of para-hydroxylation sites is 1. The number of nitrogens with zero attached hydrogens (tertiary/aromatic N) is 4. The van der Waals surface area contributed by atoms with Crippen LogP contribution in [-0.2, 0) is 16.1 Å². The first-order chi connectivity index (χ1) is 12.7. The van der Waals surface area contributed by atoms with E-state index in [4.69, 9.17) is 0 Å². The summed E-state index contributed by atoms with van der Waals surface area (Å²) in [6.45, 7) is 3.52. The van der Waals surface area contributed by atoms with Crippen LogP contribution in [0.25, 0.3) is 10.9 Å². The van der Waals surface area contributed by atoms with Crippen LogP contribution >= 0.6 is 0 Å². The first kappa shape index (κ1) is 15.8. The molecular weight excluding hydrogens is 328 g/mol. The van der Waals surface area contributed by atoms with Gasteiger partial charge in [0.2, 0.25) is 11.8 Å². The number of carbonyl (C=O) groups is 2. The van der Waals surface area contributed by atoms with Crippen LogP contribution in [0, 0.1) is 0 Å². The van der Waals surface area contributed by atoms with Gasteiger partial charge in [-0.2, -0.15) is 0 Å². The Balaban J connectivity index is 1.38. The fraction of sp³-hybridized carbons (Fsp3) is 0.450. The van der Waals surface area contributed by atoms with Gasteiger partial charge in [-0.1, -0.05) is 24.3 Å². The smallest absolute Gasteiger partial charge is 0.247 e. The zero-order valence-electron chi connectivity index (χ0n) is 14.7. The lowest BCUT2D eigenvalue weighted by atomic mass is 10.0. The lowest BCUT2D eigenvalue weighted by molar-refractivity contribution is -0.163. The zero-order valence-corrected chi connectivity index (χ0v) is 14.7. The van der Waals surface area contributed by atoms with E-state index in [2.05, 4.69) is 34.1 Å². The molecule has 134 valence electrons. The van der Waals surface area contributed by atoms with Crippen molar-refractivity contribution in [2.75, 3.05) is 26.2 Å². The van der Waals surface area contributed by atoms with E-state index in [1.165, 1.54) is 5.56 Å². The zero-order chi connectivity index (χ0) is 17.7. The number of aromatic nitrogens is 1. The van der Waals surface area contributed by atoms with Crippen LogP contribution in [0.2, 0.25) is 0 Å². The summed E-state index contributed by atoms with van der Waals surface area (Å²) in [4.78, 5) is 36.1. The van der Waals surface area contributed by atoms with Crippen molar-refractivity contribution in [3.8, 4) is 0 Å². The van der Waals surface area contributed by atoms with Crippen LogP contribution in [0.3, 0.4) is 0 Å². The molecule has 0 N–H and O–H groups in total. The number of hydrogen-bond donors (Lipinski definition) is 0. The third-order valence-corrected chi connectivity index (χ3v) is 5.96. The second kappa shape index (κ2) is 6.06. The Morgan fingerprint density at radius 1 is 0.962 bits per heavy atom. The van der Waals surface area contributed by atoms with E-state index in [9.17, 15) is 9.59 Å². The van der Waals surface area contributed by atoms with Gasteiger partial charge in [0.05, 0.1) is 5.52 Å². The number of amides is 2. The lowest BCUT2D eigenvalue weighted by Gasteiger charge is -2.47. The number of piperazine rings is 2. The van der Waals surface area contributed by atoms with E-state index in [1.54, 1.807) is 0 Å². The third kappa shape index (κ3) is 2.40. The van der Waals surface area contributed by atoms with E-state index >= 15 is 0 Å². The highest BCUT2D eigenvalue weighted by atomic mass is 16.2. The molecule has 6 heteroatoms. The lowest BCUT2D eigenvalue weighted by Crippen LogP contribution is -2.68. The Kier molecular flexibility index (Phi) is 3.67. The SMILES string of the molecule is O=C1[C@@H]2CCCN2C(=O)[C@H]2CN(Cc3cccc4cccnc34)CCN12. The van der Waals surface area contributed by atoms with E-state index in [1.807, 2.05) is 22.1 Å². The Bertz CT molecular complexity index is 878. The average molecular weight is 350 g/mol.